The van der Waals surface area contributed by atoms with E-state index in [1.807, 2.05) is 0 Å². The molecule has 0 unspecified atom stereocenters. The summed E-state index contributed by atoms with van der Waals surface area (Å²) in [5.74, 6) is 1.61. The summed E-state index contributed by atoms with van der Waals surface area (Å²) in [5, 5.41) is 3.11. The predicted octanol–water partition coefficient (Wildman–Crippen LogP) is 2.36. The molecule has 0 bridgehead atoms. The fraction of sp³-hybridized carbons (Fsp3) is 0.700. The molecule has 2 heterocycles. The van der Waals surface area contributed by atoms with Crippen LogP contribution in [0.2, 0.25) is 0 Å². The molecule has 142 valence electrons. The van der Waals surface area contributed by atoms with Gasteiger partial charge >= 0.3 is 0 Å². The van der Waals surface area contributed by atoms with Crippen LogP contribution in [0.3, 0.4) is 0 Å². The van der Waals surface area contributed by atoms with Crippen molar-refractivity contribution in [3.63, 3.8) is 0 Å². The number of fused-ring (bicyclic) bond motifs is 1. The highest BCUT2D eigenvalue weighted by molar-refractivity contribution is 5.73. The van der Waals surface area contributed by atoms with Gasteiger partial charge in [0.25, 0.3) is 0 Å². The number of pyridine rings is 1. The van der Waals surface area contributed by atoms with Crippen LogP contribution in [0.4, 0.5) is 4.39 Å². The third-order valence-corrected chi connectivity index (χ3v) is 6.07. The first-order valence-electron chi connectivity index (χ1n) is 9.78. The Balaban J connectivity index is 1.39. The zero-order valence-corrected chi connectivity index (χ0v) is 15.4. The molecular weight excluding hydrogens is 333 g/mol. The minimum absolute atomic E-state index is 0.0159. The molecule has 3 aliphatic rings. The SMILES string of the molecule is CC(=O)N[C@@H]1C[C@@H]2CN(Cc3ccncc3F)C[C@@H]2C[C@H]1OCC1CC1. The van der Waals surface area contributed by atoms with Crippen LogP contribution in [-0.2, 0) is 16.1 Å². The lowest BCUT2D eigenvalue weighted by Gasteiger charge is -2.38. The lowest BCUT2D eigenvalue weighted by molar-refractivity contribution is -0.122. The number of aromatic nitrogens is 1. The molecule has 1 saturated heterocycles. The molecule has 0 aromatic carbocycles. The van der Waals surface area contributed by atoms with E-state index in [0.717, 1.165) is 38.5 Å². The molecule has 1 amide bonds. The van der Waals surface area contributed by atoms with Crippen LogP contribution in [0.1, 0.15) is 38.2 Å². The van der Waals surface area contributed by atoms with Crippen molar-refractivity contribution in [1.29, 1.82) is 0 Å². The summed E-state index contributed by atoms with van der Waals surface area (Å²) in [6.07, 6.45) is 7.53. The predicted molar refractivity (Wildman–Crippen MR) is 95.8 cm³/mol. The van der Waals surface area contributed by atoms with Crippen molar-refractivity contribution in [2.75, 3.05) is 19.7 Å². The van der Waals surface area contributed by atoms with E-state index in [1.54, 1.807) is 19.2 Å². The Hall–Kier alpha value is -1.53. The van der Waals surface area contributed by atoms with Gasteiger partial charge in [-0.25, -0.2) is 4.39 Å². The zero-order chi connectivity index (χ0) is 18.1. The summed E-state index contributed by atoms with van der Waals surface area (Å²) in [7, 11) is 0. The van der Waals surface area contributed by atoms with Gasteiger partial charge in [0.1, 0.15) is 5.82 Å². The zero-order valence-electron chi connectivity index (χ0n) is 15.4. The van der Waals surface area contributed by atoms with Crippen molar-refractivity contribution in [2.45, 2.75) is 51.3 Å². The summed E-state index contributed by atoms with van der Waals surface area (Å²) in [6.45, 7) is 4.96. The van der Waals surface area contributed by atoms with E-state index in [1.165, 1.54) is 19.0 Å². The monoisotopic (exact) mass is 361 g/mol. The number of rotatable bonds is 6. The normalized spacial score (nSPS) is 31.6. The molecule has 2 saturated carbocycles. The lowest BCUT2D eigenvalue weighted by Crippen LogP contribution is -2.50. The number of amides is 1. The van der Waals surface area contributed by atoms with Gasteiger partial charge in [-0.3, -0.25) is 14.7 Å². The average Bonchev–Trinajstić information content (AvgIpc) is 3.34. The molecule has 6 heteroatoms. The molecule has 1 aliphatic heterocycles. The van der Waals surface area contributed by atoms with E-state index in [4.69, 9.17) is 4.74 Å². The van der Waals surface area contributed by atoms with Gasteiger partial charge in [0.05, 0.1) is 18.3 Å². The van der Waals surface area contributed by atoms with Crippen LogP contribution in [0.5, 0.6) is 0 Å². The van der Waals surface area contributed by atoms with Gasteiger partial charge in [0.15, 0.2) is 0 Å². The maximum atomic E-state index is 13.9. The van der Waals surface area contributed by atoms with E-state index in [2.05, 4.69) is 15.2 Å². The van der Waals surface area contributed by atoms with Gasteiger partial charge in [0.2, 0.25) is 5.91 Å². The number of carbonyl (C=O) groups excluding carboxylic acids is 1. The number of nitrogens with one attached hydrogen (secondary N) is 1. The molecule has 2 aliphatic carbocycles. The maximum Gasteiger partial charge on any atom is 0.217 e. The Kier molecular flexibility index (Phi) is 5.23. The summed E-state index contributed by atoms with van der Waals surface area (Å²) in [6, 6.07) is 1.86. The van der Waals surface area contributed by atoms with Crippen LogP contribution in [0.15, 0.2) is 18.5 Å². The largest absolute Gasteiger partial charge is 0.376 e. The Morgan fingerprint density at radius 1 is 1.35 bits per heavy atom. The van der Waals surface area contributed by atoms with Gasteiger partial charge in [0, 0.05) is 44.9 Å². The molecule has 1 aromatic rings. The average molecular weight is 361 g/mol. The molecule has 5 nitrogen and oxygen atoms in total. The quantitative estimate of drug-likeness (QED) is 0.845. The molecule has 0 spiro atoms. The number of likely N-dealkylation sites (tertiary alicyclic amines) is 1. The van der Waals surface area contributed by atoms with E-state index in [-0.39, 0.29) is 23.9 Å². The molecule has 4 atom stereocenters. The summed E-state index contributed by atoms with van der Waals surface area (Å²) < 4.78 is 20.1. The van der Waals surface area contributed by atoms with Crippen LogP contribution >= 0.6 is 0 Å². The van der Waals surface area contributed by atoms with Crippen LogP contribution < -0.4 is 5.32 Å². The number of carbonyl (C=O) groups is 1. The van der Waals surface area contributed by atoms with Crippen LogP contribution in [-0.4, -0.2) is 47.6 Å². The number of hydrogen-bond acceptors (Lipinski definition) is 4. The fourth-order valence-corrected chi connectivity index (χ4v) is 4.55. The summed E-state index contributed by atoms with van der Waals surface area (Å²) >= 11 is 0. The smallest absolute Gasteiger partial charge is 0.217 e. The molecule has 26 heavy (non-hydrogen) atoms. The Morgan fingerprint density at radius 2 is 2.12 bits per heavy atom. The van der Waals surface area contributed by atoms with Crippen molar-refractivity contribution >= 4 is 5.91 Å². The Morgan fingerprint density at radius 3 is 2.81 bits per heavy atom. The highest BCUT2D eigenvalue weighted by Crippen LogP contribution is 2.39. The number of hydrogen-bond donors (Lipinski definition) is 1. The molecule has 1 aromatic heterocycles. The third-order valence-electron chi connectivity index (χ3n) is 6.07. The number of halogens is 1. The maximum absolute atomic E-state index is 13.9. The van der Waals surface area contributed by atoms with E-state index < -0.39 is 0 Å². The Bertz CT molecular complexity index is 652. The van der Waals surface area contributed by atoms with Crippen molar-refractivity contribution in [3.05, 3.63) is 29.8 Å². The van der Waals surface area contributed by atoms with E-state index in [9.17, 15) is 9.18 Å². The number of ether oxygens (including phenoxy) is 1. The first-order chi connectivity index (χ1) is 12.6. The second-order valence-electron chi connectivity index (χ2n) is 8.27. The molecule has 0 radical (unpaired) electrons. The summed E-state index contributed by atoms with van der Waals surface area (Å²) in [5.41, 5.74) is 0.707. The van der Waals surface area contributed by atoms with Crippen molar-refractivity contribution in [2.24, 2.45) is 17.8 Å². The van der Waals surface area contributed by atoms with Crippen LogP contribution in [0, 0.1) is 23.6 Å². The van der Waals surface area contributed by atoms with Gasteiger partial charge in [-0.05, 0) is 49.5 Å². The fourth-order valence-electron chi connectivity index (χ4n) is 4.55. The first kappa shape index (κ1) is 17.9. The van der Waals surface area contributed by atoms with Gasteiger partial charge < -0.3 is 10.1 Å². The van der Waals surface area contributed by atoms with Gasteiger partial charge in [-0.1, -0.05) is 0 Å². The molecule has 3 fully saturated rings. The summed E-state index contributed by atoms with van der Waals surface area (Å²) in [4.78, 5) is 17.8. The minimum atomic E-state index is -0.232. The van der Waals surface area contributed by atoms with E-state index >= 15 is 0 Å². The topological polar surface area (TPSA) is 54.5 Å². The van der Waals surface area contributed by atoms with Gasteiger partial charge in [-0.15, -0.1) is 0 Å². The Labute approximate surface area is 154 Å². The molecule has 4 rings (SSSR count). The van der Waals surface area contributed by atoms with Crippen molar-refractivity contribution < 1.29 is 13.9 Å². The van der Waals surface area contributed by atoms with Crippen LogP contribution in [0.25, 0.3) is 0 Å². The minimum Gasteiger partial charge on any atom is -0.376 e. The highest BCUT2D eigenvalue weighted by Gasteiger charge is 2.43. The van der Waals surface area contributed by atoms with Gasteiger partial charge in [-0.2, -0.15) is 0 Å². The highest BCUT2D eigenvalue weighted by atomic mass is 19.1. The molecular formula is C20H28FN3O2. The second-order valence-corrected chi connectivity index (χ2v) is 8.27. The standard InChI is InChI=1S/C20H28FN3O2/c1-13(25)23-19-6-16-10-24(9-15-4-5-22-8-18(15)21)11-17(16)7-20(19)26-12-14-2-3-14/h4-5,8,14,16-17,19-20H,2-3,6-7,9-12H2,1H3,(H,23,25)/t16-,17+,19-,20-/m1/s1. The van der Waals surface area contributed by atoms with E-state index in [0.29, 0.717) is 23.9 Å². The number of nitrogens with zero attached hydrogens (tertiary/aromatic N) is 2. The first-order valence-corrected chi connectivity index (χ1v) is 9.78. The third kappa shape index (κ3) is 4.23. The molecule has 1 N–H and O–H groups in total. The second kappa shape index (κ2) is 7.61. The van der Waals surface area contributed by atoms with Crippen molar-refractivity contribution in [1.82, 2.24) is 15.2 Å². The lowest BCUT2D eigenvalue weighted by atomic mass is 9.77. The van der Waals surface area contributed by atoms with Crippen molar-refractivity contribution in [3.8, 4) is 0 Å².